The van der Waals surface area contributed by atoms with E-state index in [0.29, 0.717) is 17.1 Å². The van der Waals surface area contributed by atoms with Crippen molar-refractivity contribution in [1.82, 2.24) is 10.3 Å². The molecule has 0 aliphatic heterocycles. The van der Waals surface area contributed by atoms with Crippen LogP contribution in [0.15, 0.2) is 48.7 Å². The molecule has 1 N–H and O–H groups in total. The van der Waals surface area contributed by atoms with E-state index in [9.17, 15) is 0 Å². The van der Waals surface area contributed by atoms with Crippen LogP contribution < -0.4 is 5.32 Å². The highest BCUT2D eigenvalue weighted by atomic mass is 35.5. The van der Waals surface area contributed by atoms with Gasteiger partial charge in [0.2, 0.25) is 0 Å². The highest BCUT2D eigenvalue weighted by Crippen LogP contribution is 2.40. The van der Waals surface area contributed by atoms with Gasteiger partial charge in [0.1, 0.15) is 5.15 Å². The van der Waals surface area contributed by atoms with E-state index in [0.717, 1.165) is 12.1 Å². The van der Waals surface area contributed by atoms with Crippen LogP contribution in [-0.4, -0.2) is 11.0 Å². The molecule has 2 atom stereocenters. The lowest BCUT2D eigenvalue weighted by atomic mass is 10.1. The second-order valence-electron chi connectivity index (χ2n) is 4.69. The van der Waals surface area contributed by atoms with Crippen LogP contribution in [0.4, 0.5) is 0 Å². The zero-order valence-corrected chi connectivity index (χ0v) is 10.8. The van der Waals surface area contributed by atoms with Gasteiger partial charge in [-0.05, 0) is 18.1 Å². The Kier molecular flexibility index (Phi) is 3.31. The van der Waals surface area contributed by atoms with Crippen LogP contribution in [0, 0.1) is 0 Å². The minimum absolute atomic E-state index is 0.573. The van der Waals surface area contributed by atoms with Crippen LogP contribution in [0.5, 0.6) is 0 Å². The smallest absolute Gasteiger partial charge is 0.133 e. The quantitative estimate of drug-likeness (QED) is 0.851. The third kappa shape index (κ3) is 2.55. The van der Waals surface area contributed by atoms with Crippen molar-refractivity contribution in [2.24, 2.45) is 0 Å². The Bertz CT molecular complexity index is 527. The fourth-order valence-corrected chi connectivity index (χ4v) is 2.47. The Labute approximate surface area is 112 Å². The van der Waals surface area contributed by atoms with Crippen molar-refractivity contribution in [3.05, 3.63) is 64.9 Å². The maximum atomic E-state index is 6.03. The fourth-order valence-electron chi connectivity index (χ4n) is 2.28. The molecule has 2 aromatic rings. The van der Waals surface area contributed by atoms with Gasteiger partial charge in [-0.3, -0.25) is 0 Å². The normalized spacial score (nSPS) is 21.8. The highest BCUT2D eigenvalue weighted by Gasteiger charge is 2.37. The van der Waals surface area contributed by atoms with Crippen molar-refractivity contribution in [3.8, 4) is 0 Å². The predicted molar refractivity (Wildman–Crippen MR) is 73.7 cm³/mol. The van der Waals surface area contributed by atoms with E-state index in [1.54, 1.807) is 6.20 Å². The molecule has 1 aliphatic rings. The molecule has 2 unspecified atom stereocenters. The van der Waals surface area contributed by atoms with Crippen LogP contribution in [0.3, 0.4) is 0 Å². The van der Waals surface area contributed by atoms with Gasteiger partial charge in [0.25, 0.3) is 0 Å². The van der Waals surface area contributed by atoms with E-state index in [1.165, 1.54) is 12.0 Å². The number of pyridine rings is 1. The first-order chi connectivity index (χ1) is 8.84. The van der Waals surface area contributed by atoms with Gasteiger partial charge in [-0.2, -0.15) is 0 Å². The second-order valence-corrected chi connectivity index (χ2v) is 5.05. The Morgan fingerprint density at radius 1 is 1.17 bits per heavy atom. The molecule has 0 spiro atoms. The summed E-state index contributed by atoms with van der Waals surface area (Å²) in [7, 11) is 0. The number of hydrogen-bond acceptors (Lipinski definition) is 2. The monoisotopic (exact) mass is 258 g/mol. The number of aromatic nitrogens is 1. The Morgan fingerprint density at radius 3 is 2.78 bits per heavy atom. The lowest BCUT2D eigenvalue weighted by molar-refractivity contribution is 0.671. The second kappa shape index (κ2) is 5.09. The molecule has 1 heterocycles. The van der Waals surface area contributed by atoms with Gasteiger partial charge < -0.3 is 5.32 Å². The first-order valence-electron chi connectivity index (χ1n) is 6.22. The topological polar surface area (TPSA) is 24.9 Å². The van der Waals surface area contributed by atoms with Crippen molar-refractivity contribution in [3.63, 3.8) is 0 Å². The van der Waals surface area contributed by atoms with Gasteiger partial charge in [0.15, 0.2) is 0 Å². The van der Waals surface area contributed by atoms with Gasteiger partial charge in [-0.25, -0.2) is 4.98 Å². The van der Waals surface area contributed by atoms with E-state index >= 15 is 0 Å². The van der Waals surface area contributed by atoms with E-state index in [-0.39, 0.29) is 0 Å². The van der Waals surface area contributed by atoms with E-state index in [2.05, 4.69) is 40.6 Å². The van der Waals surface area contributed by atoms with Crippen molar-refractivity contribution < 1.29 is 0 Å². The zero-order chi connectivity index (χ0) is 12.4. The van der Waals surface area contributed by atoms with Gasteiger partial charge in [-0.1, -0.05) is 48.0 Å². The standard InChI is InChI=1S/C15H15ClN2/c16-15-12(7-4-8-17-15)10-18-14-9-13(14)11-5-2-1-3-6-11/h1-8,13-14,18H,9-10H2. The SMILES string of the molecule is Clc1ncccc1CNC1CC1c1ccccc1. The minimum Gasteiger partial charge on any atom is -0.309 e. The van der Waals surface area contributed by atoms with Crippen molar-refractivity contribution in [1.29, 1.82) is 0 Å². The largest absolute Gasteiger partial charge is 0.309 e. The molecule has 3 rings (SSSR count). The summed E-state index contributed by atoms with van der Waals surface area (Å²) >= 11 is 6.03. The maximum Gasteiger partial charge on any atom is 0.133 e. The molecular formula is C15H15ClN2. The van der Waals surface area contributed by atoms with Crippen molar-refractivity contribution >= 4 is 11.6 Å². The number of benzene rings is 1. The summed E-state index contributed by atoms with van der Waals surface area (Å²) in [6.07, 6.45) is 2.93. The highest BCUT2D eigenvalue weighted by molar-refractivity contribution is 6.30. The third-order valence-electron chi connectivity index (χ3n) is 3.41. The third-order valence-corrected chi connectivity index (χ3v) is 3.75. The molecule has 0 amide bonds. The van der Waals surface area contributed by atoms with E-state index in [1.807, 2.05) is 12.1 Å². The average molecular weight is 259 g/mol. The summed E-state index contributed by atoms with van der Waals surface area (Å²) in [5.41, 5.74) is 2.49. The molecule has 0 radical (unpaired) electrons. The maximum absolute atomic E-state index is 6.03. The molecule has 1 fully saturated rings. The number of halogens is 1. The summed E-state index contributed by atoms with van der Waals surface area (Å²) in [4.78, 5) is 4.08. The van der Waals surface area contributed by atoms with E-state index in [4.69, 9.17) is 11.6 Å². The molecule has 2 nitrogen and oxygen atoms in total. The number of hydrogen-bond donors (Lipinski definition) is 1. The van der Waals surface area contributed by atoms with Crippen LogP contribution in [0.2, 0.25) is 5.15 Å². The molecule has 1 aromatic heterocycles. The minimum atomic E-state index is 0.573. The van der Waals surface area contributed by atoms with Crippen molar-refractivity contribution in [2.45, 2.75) is 24.9 Å². The Balaban J connectivity index is 1.56. The lowest BCUT2D eigenvalue weighted by Crippen LogP contribution is -2.17. The fraction of sp³-hybridized carbons (Fsp3) is 0.267. The van der Waals surface area contributed by atoms with Gasteiger partial charge in [-0.15, -0.1) is 0 Å². The Morgan fingerprint density at radius 2 is 2.00 bits per heavy atom. The molecule has 92 valence electrons. The summed E-state index contributed by atoms with van der Waals surface area (Å²) in [6, 6.07) is 15.2. The predicted octanol–water partition coefficient (Wildman–Crippen LogP) is 3.38. The molecular weight excluding hydrogens is 244 g/mol. The molecule has 0 bridgehead atoms. The number of nitrogens with zero attached hydrogens (tertiary/aromatic N) is 1. The summed E-state index contributed by atoms with van der Waals surface area (Å²) in [5.74, 6) is 0.654. The van der Waals surface area contributed by atoms with Gasteiger partial charge >= 0.3 is 0 Å². The lowest BCUT2D eigenvalue weighted by Gasteiger charge is -2.05. The van der Waals surface area contributed by atoms with Crippen LogP contribution in [-0.2, 0) is 6.54 Å². The van der Waals surface area contributed by atoms with Crippen molar-refractivity contribution in [2.75, 3.05) is 0 Å². The van der Waals surface area contributed by atoms with Crippen LogP contribution in [0.25, 0.3) is 0 Å². The summed E-state index contributed by atoms with van der Waals surface area (Å²) in [5, 5.41) is 4.14. The molecule has 1 aliphatic carbocycles. The summed E-state index contributed by atoms with van der Waals surface area (Å²) in [6.45, 7) is 0.792. The number of nitrogens with one attached hydrogen (secondary N) is 1. The first-order valence-corrected chi connectivity index (χ1v) is 6.60. The summed E-state index contributed by atoms with van der Waals surface area (Å²) < 4.78 is 0. The van der Waals surface area contributed by atoms with Gasteiger partial charge in [0.05, 0.1) is 0 Å². The zero-order valence-electron chi connectivity index (χ0n) is 10.0. The molecule has 0 saturated heterocycles. The van der Waals surface area contributed by atoms with Crippen LogP contribution >= 0.6 is 11.6 Å². The Hall–Kier alpha value is -1.38. The van der Waals surface area contributed by atoms with Crippen LogP contribution in [0.1, 0.15) is 23.5 Å². The molecule has 3 heteroatoms. The first kappa shape index (κ1) is 11.7. The molecule has 1 aromatic carbocycles. The molecule has 1 saturated carbocycles. The average Bonchev–Trinajstić information content (AvgIpc) is 3.18. The number of rotatable bonds is 4. The molecule has 18 heavy (non-hydrogen) atoms. The van der Waals surface area contributed by atoms with E-state index < -0.39 is 0 Å². The van der Waals surface area contributed by atoms with Gasteiger partial charge in [0, 0.05) is 30.3 Å².